The Morgan fingerprint density at radius 1 is 1.50 bits per heavy atom. The van der Waals surface area contributed by atoms with Gasteiger partial charge in [-0.25, -0.2) is 4.98 Å². The predicted octanol–water partition coefficient (Wildman–Crippen LogP) is 2.99. The van der Waals surface area contributed by atoms with Crippen molar-refractivity contribution in [3.05, 3.63) is 36.2 Å². The smallest absolute Gasteiger partial charge is 0.262 e. The summed E-state index contributed by atoms with van der Waals surface area (Å²) < 4.78 is 7.37. The average Bonchev–Trinajstić information content (AvgIpc) is 3.00. The van der Waals surface area contributed by atoms with Crippen molar-refractivity contribution in [3.63, 3.8) is 0 Å². The third-order valence-corrected chi connectivity index (χ3v) is 4.81. The normalized spacial score (nSPS) is 14.5. The molecule has 0 radical (unpaired) electrons. The number of benzene rings is 1. The summed E-state index contributed by atoms with van der Waals surface area (Å²) in [6.07, 6.45) is 4.69. The van der Waals surface area contributed by atoms with Crippen LogP contribution in [0, 0.1) is 0 Å². The monoisotopic (exact) mass is 345 g/mol. The Hall–Kier alpha value is -2.28. The Morgan fingerprint density at radius 3 is 3.12 bits per heavy atom. The van der Waals surface area contributed by atoms with Crippen LogP contribution in [0.5, 0.6) is 5.75 Å². The number of hydrogen-bond donors (Lipinski definition) is 1. The van der Waals surface area contributed by atoms with Crippen LogP contribution in [0.3, 0.4) is 0 Å². The molecule has 1 aliphatic heterocycles. The van der Waals surface area contributed by atoms with Crippen molar-refractivity contribution in [2.75, 3.05) is 11.9 Å². The first kappa shape index (κ1) is 16.6. The van der Waals surface area contributed by atoms with Gasteiger partial charge in [0, 0.05) is 24.5 Å². The molecule has 6 nitrogen and oxygen atoms in total. The fraction of sp³-hybridized carbons (Fsp3) is 0.353. The van der Waals surface area contributed by atoms with Crippen molar-refractivity contribution in [3.8, 4) is 5.75 Å². The number of Topliss-reactive ketones (excluding diaryl/α,β-unsaturated/α-hetero) is 1. The van der Waals surface area contributed by atoms with Crippen LogP contribution in [0.15, 0.2) is 35.7 Å². The van der Waals surface area contributed by atoms with Crippen LogP contribution in [0.1, 0.15) is 30.6 Å². The van der Waals surface area contributed by atoms with Gasteiger partial charge < -0.3 is 14.6 Å². The summed E-state index contributed by atoms with van der Waals surface area (Å²) in [6, 6.07) is 5.12. The van der Waals surface area contributed by atoms with Crippen molar-refractivity contribution >= 4 is 29.1 Å². The van der Waals surface area contributed by atoms with E-state index in [9.17, 15) is 9.59 Å². The van der Waals surface area contributed by atoms with E-state index in [0.717, 1.165) is 18.1 Å². The molecule has 2 heterocycles. The van der Waals surface area contributed by atoms with Gasteiger partial charge in [0.2, 0.25) is 0 Å². The summed E-state index contributed by atoms with van der Waals surface area (Å²) in [7, 11) is 0. The molecule has 0 spiro atoms. The number of ketones is 1. The molecule has 1 amide bonds. The molecule has 1 aromatic carbocycles. The molecular weight excluding hydrogens is 326 g/mol. The largest absolute Gasteiger partial charge is 0.482 e. The first-order valence-electron chi connectivity index (χ1n) is 7.87. The van der Waals surface area contributed by atoms with Crippen LogP contribution >= 0.6 is 11.8 Å². The molecule has 1 aliphatic rings. The number of fused-ring (bicyclic) bond motifs is 1. The predicted molar refractivity (Wildman–Crippen MR) is 92.7 cm³/mol. The highest BCUT2D eigenvalue weighted by atomic mass is 32.2. The minimum atomic E-state index is -0.277. The molecule has 0 saturated heterocycles. The average molecular weight is 345 g/mol. The van der Waals surface area contributed by atoms with Gasteiger partial charge in [0.05, 0.1) is 10.9 Å². The number of carbonyl (C=O) groups is 2. The molecular formula is C17H19N3O3S. The van der Waals surface area contributed by atoms with Crippen LogP contribution in [0.4, 0.5) is 5.69 Å². The standard InChI is InChI=1S/C17H19N3O3S/c1-3-7-20-8-6-18-17(20)24-11(2)16(22)12-4-5-14-13(9-12)19-15(21)10-23-14/h4-6,8-9,11H,3,7,10H2,1-2H3,(H,19,21). The van der Waals surface area contributed by atoms with E-state index in [1.807, 2.05) is 13.1 Å². The van der Waals surface area contributed by atoms with Crippen LogP contribution in [0.2, 0.25) is 0 Å². The summed E-state index contributed by atoms with van der Waals surface area (Å²) >= 11 is 1.44. The lowest BCUT2D eigenvalue weighted by Gasteiger charge is -2.19. The Balaban J connectivity index is 1.75. The molecule has 126 valence electrons. The topological polar surface area (TPSA) is 73.2 Å². The van der Waals surface area contributed by atoms with E-state index in [2.05, 4.69) is 21.8 Å². The van der Waals surface area contributed by atoms with Crippen molar-refractivity contribution in [2.45, 2.75) is 37.2 Å². The van der Waals surface area contributed by atoms with Crippen LogP contribution in [-0.4, -0.2) is 33.1 Å². The van der Waals surface area contributed by atoms with Crippen molar-refractivity contribution in [1.29, 1.82) is 0 Å². The minimum absolute atomic E-state index is 0.00586. The van der Waals surface area contributed by atoms with Crippen molar-refractivity contribution < 1.29 is 14.3 Å². The third-order valence-electron chi connectivity index (χ3n) is 3.69. The fourth-order valence-electron chi connectivity index (χ4n) is 2.51. The maximum absolute atomic E-state index is 12.7. The molecule has 24 heavy (non-hydrogen) atoms. The highest BCUT2D eigenvalue weighted by molar-refractivity contribution is 8.00. The number of thioether (sulfide) groups is 1. The highest BCUT2D eigenvalue weighted by Crippen LogP contribution is 2.31. The zero-order valence-corrected chi connectivity index (χ0v) is 14.4. The van der Waals surface area contributed by atoms with Crippen LogP contribution in [0.25, 0.3) is 0 Å². The van der Waals surface area contributed by atoms with Gasteiger partial charge in [-0.05, 0) is 31.5 Å². The number of rotatable bonds is 6. The third kappa shape index (κ3) is 3.46. The van der Waals surface area contributed by atoms with Gasteiger partial charge in [0.1, 0.15) is 5.75 Å². The van der Waals surface area contributed by atoms with E-state index in [-0.39, 0.29) is 23.5 Å². The van der Waals surface area contributed by atoms with Gasteiger partial charge in [0.25, 0.3) is 5.91 Å². The first-order valence-corrected chi connectivity index (χ1v) is 8.75. The van der Waals surface area contributed by atoms with Gasteiger partial charge in [-0.3, -0.25) is 9.59 Å². The maximum Gasteiger partial charge on any atom is 0.262 e. The van der Waals surface area contributed by atoms with Crippen LogP contribution in [-0.2, 0) is 11.3 Å². The quantitative estimate of drug-likeness (QED) is 0.643. The summed E-state index contributed by atoms with van der Waals surface area (Å²) in [5.74, 6) is 0.370. The Labute approximate surface area is 144 Å². The van der Waals surface area contributed by atoms with E-state index in [4.69, 9.17) is 4.74 Å². The number of carbonyl (C=O) groups excluding carboxylic acids is 2. The summed E-state index contributed by atoms with van der Waals surface area (Å²) in [5, 5.41) is 3.29. The number of nitrogens with one attached hydrogen (secondary N) is 1. The number of hydrogen-bond acceptors (Lipinski definition) is 5. The Kier molecular flexibility index (Phi) is 4.89. The SMILES string of the molecule is CCCn1ccnc1SC(C)C(=O)c1ccc2c(c1)NC(=O)CO2. The molecule has 2 aromatic rings. The highest BCUT2D eigenvalue weighted by Gasteiger charge is 2.22. The number of anilines is 1. The zero-order chi connectivity index (χ0) is 17.1. The van der Waals surface area contributed by atoms with E-state index < -0.39 is 0 Å². The molecule has 0 bridgehead atoms. The number of aryl methyl sites for hydroxylation is 1. The van der Waals surface area contributed by atoms with E-state index in [1.54, 1.807) is 24.4 Å². The molecule has 0 saturated carbocycles. The van der Waals surface area contributed by atoms with Gasteiger partial charge in [-0.15, -0.1) is 0 Å². The summed E-state index contributed by atoms with van der Waals surface area (Å²) in [5.41, 5.74) is 1.09. The first-order chi connectivity index (χ1) is 11.6. The minimum Gasteiger partial charge on any atom is -0.482 e. The van der Waals surface area contributed by atoms with Crippen molar-refractivity contribution in [1.82, 2.24) is 9.55 Å². The lowest BCUT2D eigenvalue weighted by atomic mass is 10.1. The van der Waals surface area contributed by atoms with Crippen LogP contribution < -0.4 is 10.1 Å². The van der Waals surface area contributed by atoms with E-state index in [1.165, 1.54) is 11.8 Å². The fourth-order valence-corrected chi connectivity index (χ4v) is 3.48. The molecule has 0 aliphatic carbocycles. The van der Waals surface area contributed by atoms with E-state index in [0.29, 0.717) is 17.0 Å². The molecule has 1 N–H and O–H groups in total. The Morgan fingerprint density at radius 2 is 2.33 bits per heavy atom. The number of amides is 1. The number of ether oxygens (including phenoxy) is 1. The zero-order valence-electron chi connectivity index (χ0n) is 13.6. The number of nitrogens with zero attached hydrogens (tertiary/aromatic N) is 2. The summed E-state index contributed by atoms with van der Waals surface area (Å²) in [6.45, 7) is 4.86. The number of aromatic nitrogens is 2. The maximum atomic E-state index is 12.7. The Bertz CT molecular complexity index is 772. The van der Waals surface area contributed by atoms with Crippen molar-refractivity contribution in [2.24, 2.45) is 0 Å². The second-order valence-corrected chi connectivity index (χ2v) is 6.88. The van der Waals surface area contributed by atoms with Gasteiger partial charge in [0.15, 0.2) is 17.5 Å². The second kappa shape index (κ2) is 7.09. The molecule has 3 rings (SSSR count). The molecule has 1 unspecified atom stereocenters. The molecule has 7 heteroatoms. The molecule has 1 aromatic heterocycles. The summed E-state index contributed by atoms with van der Waals surface area (Å²) in [4.78, 5) is 28.4. The molecule has 0 fully saturated rings. The van der Waals surface area contributed by atoms with Gasteiger partial charge in [-0.1, -0.05) is 18.7 Å². The lowest BCUT2D eigenvalue weighted by molar-refractivity contribution is -0.118. The van der Waals surface area contributed by atoms with Gasteiger partial charge in [-0.2, -0.15) is 0 Å². The lowest BCUT2D eigenvalue weighted by Crippen LogP contribution is -2.25. The van der Waals surface area contributed by atoms with E-state index >= 15 is 0 Å². The van der Waals surface area contributed by atoms with Gasteiger partial charge >= 0.3 is 0 Å². The molecule has 1 atom stereocenters. The second-order valence-electron chi connectivity index (χ2n) is 5.58. The number of imidazole rings is 1.